The summed E-state index contributed by atoms with van der Waals surface area (Å²) in [6.07, 6.45) is 20.3. The second-order valence-electron chi connectivity index (χ2n) is 39.5. The minimum absolute atomic E-state index is 0.0799. The average molecular weight is 2060 g/mol. The highest BCUT2D eigenvalue weighted by Gasteiger charge is 2.22. The summed E-state index contributed by atoms with van der Waals surface area (Å²) >= 11 is 7.75. The van der Waals surface area contributed by atoms with Crippen molar-refractivity contribution in [1.82, 2.24) is 56.4 Å². The van der Waals surface area contributed by atoms with Crippen molar-refractivity contribution in [3.05, 3.63) is 404 Å². The molecule has 4 aromatic heterocycles. The van der Waals surface area contributed by atoms with Crippen molar-refractivity contribution in [1.29, 1.82) is 0 Å². The molecule has 0 fully saturated rings. The number of nitrogens with two attached hydrogens (primary N) is 1. The van der Waals surface area contributed by atoms with Crippen molar-refractivity contribution in [2.24, 2.45) is 12.8 Å². The fourth-order valence-corrected chi connectivity index (χ4v) is 19.3. The molecular weight excluding hydrogens is 1910 g/mol. The first kappa shape index (κ1) is 114. The molecule has 148 heavy (non-hydrogen) atoms. The average Bonchev–Trinajstić information content (AvgIpc) is 1.67. The monoisotopic (exact) mass is 2050 g/mol. The fraction of sp³-hybridized carbons (Fsp3) is 0.361. The molecule has 9 N–H and O–H groups in total. The number of halogens is 7. The summed E-state index contributed by atoms with van der Waals surface area (Å²) in [4.78, 5) is 49.9. The highest BCUT2D eigenvalue weighted by Crippen LogP contribution is 2.28. The summed E-state index contributed by atoms with van der Waals surface area (Å²) in [5.41, 5.74) is 34.1. The number of aryl methyl sites for hydroxylation is 13. The molecule has 26 heteroatoms. The number of oxazole rings is 2. The molecule has 12 aromatic carbocycles. The lowest BCUT2D eigenvalue weighted by molar-refractivity contribution is 0.0534. The zero-order valence-electron chi connectivity index (χ0n) is 87.5. The van der Waals surface area contributed by atoms with Gasteiger partial charge in [-0.15, -0.1) is 11.3 Å². The Hall–Kier alpha value is -12.7. The van der Waals surface area contributed by atoms with Gasteiger partial charge in [0.1, 0.15) is 52.5 Å². The fourth-order valence-electron chi connectivity index (χ4n) is 18.3. The second kappa shape index (κ2) is 57.7. The summed E-state index contributed by atoms with van der Waals surface area (Å²) in [7, 11) is 1.77. The van der Waals surface area contributed by atoms with E-state index in [0.29, 0.717) is 86.8 Å². The molecule has 16 aromatic rings. The number of cyclic esters (lactones) is 1. The smallest absolute Gasteiger partial charge is 0.338 e. The van der Waals surface area contributed by atoms with Crippen LogP contribution in [0.1, 0.15) is 206 Å². The number of esters is 1. The van der Waals surface area contributed by atoms with Crippen LogP contribution >= 0.6 is 22.9 Å². The number of primary amides is 1. The highest BCUT2D eigenvalue weighted by atomic mass is 35.5. The van der Waals surface area contributed by atoms with Crippen molar-refractivity contribution in [3.63, 3.8) is 0 Å². The largest absolute Gasteiger partial charge is 0.457 e. The number of H-pyrrole nitrogens is 1. The number of hydrogen-bond donors (Lipinski definition) is 8. The van der Waals surface area contributed by atoms with Crippen molar-refractivity contribution in [2.45, 2.75) is 242 Å². The number of carbonyl (C=O) groups excluding carboxylic acids is 2. The molecule has 0 bridgehead atoms. The first-order valence-corrected chi connectivity index (χ1v) is 52.9. The Balaban J connectivity index is 0.000000158. The number of thiazole rings is 1. The van der Waals surface area contributed by atoms with E-state index in [4.69, 9.17) is 30.9 Å². The molecule has 0 saturated heterocycles. The van der Waals surface area contributed by atoms with Gasteiger partial charge in [-0.2, -0.15) is 0 Å². The van der Waals surface area contributed by atoms with Gasteiger partial charge in [0, 0.05) is 48.9 Å². The normalized spacial score (nSPS) is 12.8. The number of ether oxygens (including phenoxy) is 1. The lowest BCUT2D eigenvalue weighted by Crippen LogP contribution is -2.29. The molecule has 0 radical (unpaired) electrons. The summed E-state index contributed by atoms with van der Waals surface area (Å²) in [6, 6.07) is 70.4. The lowest BCUT2D eigenvalue weighted by atomic mass is 10.0. The van der Waals surface area contributed by atoms with E-state index in [1.807, 2.05) is 135 Å². The number of nitrogens with zero attached hydrogens (tertiary/aromatic N) is 4. The van der Waals surface area contributed by atoms with E-state index in [9.17, 15) is 40.7 Å². The van der Waals surface area contributed by atoms with Gasteiger partial charge >= 0.3 is 11.7 Å². The Kier molecular flexibility index (Phi) is 44.5. The van der Waals surface area contributed by atoms with E-state index in [0.717, 1.165) is 227 Å². The second-order valence-corrected chi connectivity index (χ2v) is 40.8. The van der Waals surface area contributed by atoms with E-state index < -0.39 is 5.91 Å². The molecule has 1 amide bonds. The molecular formula is C122H143ClF6N12O6S. The summed E-state index contributed by atoms with van der Waals surface area (Å²) in [6.45, 7) is 29.7. The Morgan fingerprint density at radius 2 is 0.764 bits per heavy atom. The van der Waals surface area contributed by atoms with Crippen LogP contribution in [0.4, 0.5) is 26.3 Å². The minimum Gasteiger partial charge on any atom is -0.457 e. The summed E-state index contributed by atoms with van der Waals surface area (Å²) in [5, 5.41) is 21.6. The predicted octanol–water partition coefficient (Wildman–Crippen LogP) is 25.2. The number of hydrogen-bond acceptors (Lipinski definition) is 16. The van der Waals surface area contributed by atoms with Gasteiger partial charge in [0.15, 0.2) is 24.0 Å². The van der Waals surface area contributed by atoms with E-state index in [-0.39, 0.29) is 46.6 Å². The summed E-state index contributed by atoms with van der Waals surface area (Å²) in [5.74, 6) is -1.58. The van der Waals surface area contributed by atoms with Gasteiger partial charge in [0.25, 0.3) is 0 Å². The van der Waals surface area contributed by atoms with Gasteiger partial charge in [0.05, 0.1) is 42.9 Å². The Morgan fingerprint density at radius 3 is 1.18 bits per heavy atom. The van der Waals surface area contributed by atoms with Crippen LogP contribution in [-0.4, -0.2) is 112 Å². The van der Waals surface area contributed by atoms with Crippen molar-refractivity contribution in [2.75, 3.05) is 39.3 Å². The number of aromatic amines is 1. The van der Waals surface area contributed by atoms with Gasteiger partial charge in [0.2, 0.25) is 5.91 Å². The lowest BCUT2D eigenvalue weighted by Gasteiger charge is -2.14. The van der Waals surface area contributed by atoms with Crippen LogP contribution in [0, 0.1) is 76.4 Å². The van der Waals surface area contributed by atoms with Crippen molar-refractivity contribution >= 4 is 78.3 Å². The Bertz CT molecular complexity index is 6920. The van der Waals surface area contributed by atoms with Gasteiger partial charge in [-0.1, -0.05) is 133 Å². The van der Waals surface area contributed by atoms with E-state index in [2.05, 4.69) is 148 Å². The Morgan fingerprint density at radius 1 is 0.405 bits per heavy atom. The minimum atomic E-state index is -0.511. The molecule has 1 aliphatic rings. The third-order valence-electron chi connectivity index (χ3n) is 26.6. The maximum Gasteiger partial charge on any atom is 0.338 e. The predicted molar refractivity (Wildman–Crippen MR) is 590 cm³/mol. The third-order valence-corrected chi connectivity index (χ3v) is 27.7. The van der Waals surface area contributed by atoms with Crippen LogP contribution in [0.25, 0.3) is 43.4 Å². The van der Waals surface area contributed by atoms with Gasteiger partial charge in [-0.05, 0) is 435 Å². The number of para-hydroxylation sites is 1. The molecule has 1 aliphatic heterocycles. The SMILES string of the molecule is Cc1cc(CC(C)NCCCc2ccc(C(N)=O)c(Cl)c2)ccc1F.Cc1cc(CC(C)NCCCc2ccc3c(c2)C(=O)OC3)ccc1F.Cc1cc(CC(C)NCCCc2ccc3c(c2)[nH]c(=O)n3C)ccc1F.Cc1cc(CC(C)NCCCc2ccc3ncoc3c2)ccc1F.Cc1cc(CC(C)NCCCc2ccc3ncsc3c2)ccc1F.Cc1cc(CC(C)NCCCc2cccc3ncoc23)ccc1F. The number of fused-ring (bicyclic) bond motifs is 5. The third kappa shape index (κ3) is 36.4. The van der Waals surface area contributed by atoms with Crippen LogP contribution in [0.3, 0.4) is 0 Å². The quantitative estimate of drug-likeness (QED) is 0.0101. The molecule has 17 rings (SSSR count). The molecule has 0 spiro atoms. The number of benzene rings is 12. The maximum atomic E-state index is 13.3. The summed E-state index contributed by atoms with van der Waals surface area (Å²) < 4.78 is 98.6. The molecule has 18 nitrogen and oxygen atoms in total. The maximum absolute atomic E-state index is 13.3. The molecule has 0 saturated carbocycles. The standard InChI is InChI=1S/C21H26FN3O.C21H24FNO2.C20H24ClFN2O.2C20H23FN2O.C20H23FN2S/c1-14-11-17(6-8-18(14)22)12-15(2)23-10-4-5-16-7-9-20-19(13-16)24-21(26)25(20)3;1-14-10-17(6-8-20(14)22)11-15(2)23-9-3-4-16-5-7-18-13-25-21(24)19(18)12-16;1-13-10-16(6-8-19(13)22)11-14(2)24-9-3-4-15-5-7-17(20(23)25)18(21)12-15;1-14-11-16(8-9-18(14)21)12-15(2)22-10-4-6-17-5-3-7-19-20(17)24-13-23-19;2*1-14-10-17(5-7-18(14)21)11-15(2)22-9-3-4-16-6-8-19-20(12-16)24-13-23-19/h6-9,11,13,15,23H,4-5,10,12H2,1-3H3,(H,24,26);5-8,10,12,15,23H,3-4,9,11,13H2,1-2H3;5-8,10,12,14,24H,3-4,9,11H2,1-2H3,(H2,23,25);3,5,7-9,11,13,15,22H,4,6,10,12H2,1-2H3;2*5-8,10,12-13,15,22H,3-4,9,11H2,1-2H3. The van der Waals surface area contributed by atoms with E-state index in [1.54, 1.807) is 87.0 Å². The number of nitrogens with one attached hydrogen (secondary N) is 7. The molecule has 6 atom stereocenters. The van der Waals surface area contributed by atoms with Crippen LogP contribution < -0.4 is 43.3 Å². The zero-order chi connectivity index (χ0) is 106. The Labute approximate surface area is 876 Å². The van der Waals surface area contributed by atoms with Gasteiger partial charge < -0.3 is 56.2 Å². The topological polar surface area (TPSA) is 244 Å². The van der Waals surface area contributed by atoms with Crippen molar-refractivity contribution < 1.29 is 49.5 Å². The number of imidazole rings is 1. The highest BCUT2D eigenvalue weighted by molar-refractivity contribution is 7.16. The molecule has 6 unspecified atom stereocenters. The number of amides is 1. The zero-order valence-corrected chi connectivity index (χ0v) is 89.1. The van der Waals surface area contributed by atoms with Crippen LogP contribution in [0.15, 0.2) is 250 Å². The number of aromatic nitrogens is 5. The van der Waals surface area contributed by atoms with Gasteiger partial charge in [-0.25, -0.2) is 50.9 Å². The number of carbonyl (C=O) groups is 2. The molecule has 0 aliphatic carbocycles. The van der Waals surface area contributed by atoms with Gasteiger partial charge in [-0.3, -0.25) is 9.36 Å². The van der Waals surface area contributed by atoms with E-state index in [1.165, 1.54) is 74.1 Å². The first-order valence-electron chi connectivity index (χ1n) is 51.6. The van der Waals surface area contributed by atoms with Crippen LogP contribution in [0.2, 0.25) is 5.02 Å². The molecule has 5 heterocycles. The number of rotatable bonds is 43. The molecule has 782 valence electrons. The van der Waals surface area contributed by atoms with Crippen LogP contribution in [-0.2, 0) is 95.4 Å². The van der Waals surface area contributed by atoms with Crippen LogP contribution in [0.5, 0.6) is 0 Å². The van der Waals surface area contributed by atoms with Crippen molar-refractivity contribution in [3.8, 4) is 0 Å². The first-order chi connectivity index (χ1) is 71.2. The van der Waals surface area contributed by atoms with E-state index >= 15 is 0 Å².